The van der Waals surface area contributed by atoms with Crippen molar-refractivity contribution in [1.82, 2.24) is 0 Å². The van der Waals surface area contributed by atoms with Crippen molar-refractivity contribution in [2.45, 2.75) is 13.5 Å². The molecule has 1 amide bonds. The molecule has 4 nitrogen and oxygen atoms in total. The minimum atomic E-state index is -0.0721. The van der Waals surface area contributed by atoms with E-state index in [1.165, 1.54) is 6.92 Å². The standard InChI is InChI=1S/C14H15ClN2O2S/c1-9(18)17-12-5-6-20-14(12)8-16-10-3-4-13(19-2)11(15)7-10/h3-7,16H,8H2,1-2H3,(H,17,18). The summed E-state index contributed by atoms with van der Waals surface area (Å²) in [6.07, 6.45) is 0. The van der Waals surface area contributed by atoms with Gasteiger partial charge >= 0.3 is 0 Å². The number of rotatable bonds is 5. The molecule has 0 fully saturated rings. The SMILES string of the molecule is COc1ccc(NCc2sccc2NC(C)=O)cc1Cl. The average molecular weight is 311 g/mol. The summed E-state index contributed by atoms with van der Waals surface area (Å²) in [5.74, 6) is 0.574. The largest absolute Gasteiger partial charge is 0.495 e. The molecule has 0 radical (unpaired) electrons. The third-order valence-corrected chi connectivity index (χ3v) is 3.88. The van der Waals surface area contributed by atoms with Gasteiger partial charge in [-0.1, -0.05) is 11.6 Å². The van der Waals surface area contributed by atoms with E-state index in [0.717, 1.165) is 16.3 Å². The number of hydrogen-bond donors (Lipinski definition) is 2. The average Bonchev–Trinajstić information content (AvgIpc) is 2.83. The second-order valence-electron chi connectivity index (χ2n) is 4.14. The lowest BCUT2D eigenvalue weighted by atomic mass is 10.3. The molecule has 0 unspecified atom stereocenters. The Bertz CT molecular complexity index is 613. The number of nitrogens with one attached hydrogen (secondary N) is 2. The Morgan fingerprint density at radius 1 is 1.40 bits per heavy atom. The molecule has 6 heteroatoms. The van der Waals surface area contributed by atoms with Crippen LogP contribution in [0.2, 0.25) is 5.02 Å². The third kappa shape index (κ3) is 3.65. The second-order valence-corrected chi connectivity index (χ2v) is 5.55. The Hall–Kier alpha value is -1.72. The van der Waals surface area contributed by atoms with Gasteiger partial charge in [-0.25, -0.2) is 0 Å². The van der Waals surface area contributed by atoms with Gasteiger partial charge in [0, 0.05) is 17.5 Å². The first-order chi connectivity index (χ1) is 9.60. The van der Waals surface area contributed by atoms with Crippen molar-refractivity contribution in [2.75, 3.05) is 17.7 Å². The van der Waals surface area contributed by atoms with Crippen molar-refractivity contribution < 1.29 is 9.53 Å². The highest BCUT2D eigenvalue weighted by molar-refractivity contribution is 7.10. The molecule has 1 aromatic carbocycles. The molecule has 2 rings (SSSR count). The fourth-order valence-electron chi connectivity index (χ4n) is 1.74. The second kappa shape index (κ2) is 6.63. The van der Waals surface area contributed by atoms with Crippen LogP contribution >= 0.6 is 22.9 Å². The summed E-state index contributed by atoms with van der Waals surface area (Å²) in [5, 5.41) is 8.59. The highest BCUT2D eigenvalue weighted by Crippen LogP contribution is 2.28. The van der Waals surface area contributed by atoms with Gasteiger partial charge < -0.3 is 15.4 Å². The lowest BCUT2D eigenvalue weighted by molar-refractivity contribution is -0.114. The van der Waals surface area contributed by atoms with Crippen LogP contribution < -0.4 is 15.4 Å². The quantitative estimate of drug-likeness (QED) is 0.878. The van der Waals surface area contributed by atoms with E-state index in [1.807, 2.05) is 29.6 Å². The van der Waals surface area contributed by atoms with E-state index >= 15 is 0 Å². The van der Waals surface area contributed by atoms with Crippen LogP contribution in [0.15, 0.2) is 29.6 Å². The number of carbonyl (C=O) groups excluding carboxylic acids is 1. The molecule has 0 aliphatic heterocycles. The zero-order valence-corrected chi connectivity index (χ0v) is 12.8. The van der Waals surface area contributed by atoms with Crippen LogP contribution in [0.1, 0.15) is 11.8 Å². The van der Waals surface area contributed by atoms with Gasteiger partial charge in [0.05, 0.1) is 24.4 Å². The van der Waals surface area contributed by atoms with Crippen LogP contribution in [0.5, 0.6) is 5.75 Å². The fraction of sp³-hybridized carbons (Fsp3) is 0.214. The summed E-state index contributed by atoms with van der Waals surface area (Å²) in [5.41, 5.74) is 1.74. The number of ether oxygens (including phenoxy) is 1. The van der Waals surface area contributed by atoms with Crippen molar-refractivity contribution in [1.29, 1.82) is 0 Å². The maximum Gasteiger partial charge on any atom is 0.221 e. The summed E-state index contributed by atoms with van der Waals surface area (Å²) in [6, 6.07) is 7.42. The van der Waals surface area contributed by atoms with Crippen LogP contribution in [-0.2, 0) is 11.3 Å². The minimum Gasteiger partial charge on any atom is -0.495 e. The zero-order chi connectivity index (χ0) is 14.5. The van der Waals surface area contributed by atoms with Gasteiger partial charge in [0.2, 0.25) is 5.91 Å². The first kappa shape index (κ1) is 14.7. The number of thiophene rings is 1. The number of hydrogen-bond acceptors (Lipinski definition) is 4. The van der Waals surface area contributed by atoms with E-state index in [4.69, 9.17) is 16.3 Å². The Morgan fingerprint density at radius 2 is 2.20 bits per heavy atom. The van der Waals surface area contributed by atoms with Gasteiger partial charge in [0.25, 0.3) is 0 Å². The van der Waals surface area contributed by atoms with Gasteiger partial charge in [-0.15, -0.1) is 11.3 Å². The summed E-state index contributed by atoms with van der Waals surface area (Å²) in [6.45, 7) is 2.12. The van der Waals surface area contributed by atoms with Gasteiger partial charge in [-0.3, -0.25) is 4.79 Å². The Labute approximate surface area is 126 Å². The monoisotopic (exact) mass is 310 g/mol. The highest BCUT2D eigenvalue weighted by Gasteiger charge is 2.06. The number of carbonyl (C=O) groups is 1. The molecule has 0 saturated heterocycles. The molecule has 0 saturated carbocycles. The van der Waals surface area contributed by atoms with Crippen molar-refractivity contribution in [2.24, 2.45) is 0 Å². The number of anilines is 2. The number of halogens is 1. The molecule has 0 atom stereocenters. The topological polar surface area (TPSA) is 50.4 Å². The molecule has 106 valence electrons. The number of benzene rings is 1. The summed E-state index contributed by atoms with van der Waals surface area (Å²) in [7, 11) is 1.58. The molecule has 1 heterocycles. The van der Waals surface area contributed by atoms with Crippen LogP contribution in [0.4, 0.5) is 11.4 Å². The van der Waals surface area contributed by atoms with Gasteiger partial charge in [-0.2, -0.15) is 0 Å². The molecule has 1 aromatic heterocycles. The smallest absolute Gasteiger partial charge is 0.221 e. The lowest BCUT2D eigenvalue weighted by Gasteiger charge is -2.09. The molecule has 2 aromatic rings. The maximum atomic E-state index is 11.1. The molecule has 0 spiro atoms. The van der Waals surface area contributed by atoms with E-state index in [2.05, 4.69) is 10.6 Å². The molecule has 0 bridgehead atoms. The predicted octanol–water partition coefficient (Wildman–Crippen LogP) is 3.98. The summed E-state index contributed by atoms with van der Waals surface area (Å²) >= 11 is 7.66. The molecule has 20 heavy (non-hydrogen) atoms. The van der Waals surface area contributed by atoms with Crippen LogP contribution in [-0.4, -0.2) is 13.0 Å². The molecule has 0 aliphatic carbocycles. The van der Waals surface area contributed by atoms with E-state index in [-0.39, 0.29) is 5.91 Å². The fourth-order valence-corrected chi connectivity index (χ4v) is 2.76. The van der Waals surface area contributed by atoms with Crippen molar-refractivity contribution in [3.8, 4) is 5.75 Å². The first-order valence-corrected chi connectivity index (χ1v) is 7.27. The van der Waals surface area contributed by atoms with Gasteiger partial charge in [0.15, 0.2) is 0 Å². The Balaban J connectivity index is 2.03. The molecule has 0 aliphatic rings. The van der Waals surface area contributed by atoms with Crippen LogP contribution in [0.25, 0.3) is 0 Å². The maximum absolute atomic E-state index is 11.1. The van der Waals surface area contributed by atoms with E-state index in [9.17, 15) is 4.79 Å². The predicted molar refractivity (Wildman–Crippen MR) is 84.0 cm³/mol. The van der Waals surface area contributed by atoms with E-state index in [0.29, 0.717) is 17.3 Å². The number of amides is 1. The van der Waals surface area contributed by atoms with Crippen molar-refractivity contribution in [3.05, 3.63) is 39.5 Å². The Kier molecular flexibility index (Phi) is 4.87. The molecular formula is C14H15ClN2O2S. The van der Waals surface area contributed by atoms with Crippen molar-refractivity contribution in [3.63, 3.8) is 0 Å². The van der Waals surface area contributed by atoms with Crippen LogP contribution in [0, 0.1) is 0 Å². The number of methoxy groups -OCH3 is 1. The Morgan fingerprint density at radius 3 is 2.85 bits per heavy atom. The van der Waals surface area contributed by atoms with Gasteiger partial charge in [-0.05, 0) is 29.6 Å². The van der Waals surface area contributed by atoms with E-state index in [1.54, 1.807) is 18.4 Å². The summed E-state index contributed by atoms with van der Waals surface area (Å²) < 4.78 is 5.11. The van der Waals surface area contributed by atoms with Crippen LogP contribution in [0.3, 0.4) is 0 Å². The van der Waals surface area contributed by atoms with E-state index < -0.39 is 0 Å². The highest BCUT2D eigenvalue weighted by atomic mass is 35.5. The zero-order valence-electron chi connectivity index (χ0n) is 11.2. The van der Waals surface area contributed by atoms with Crippen molar-refractivity contribution >= 4 is 40.2 Å². The van der Waals surface area contributed by atoms with Gasteiger partial charge in [0.1, 0.15) is 5.75 Å². The first-order valence-electron chi connectivity index (χ1n) is 6.01. The normalized spacial score (nSPS) is 10.2. The third-order valence-electron chi connectivity index (χ3n) is 2.66. The summed E-state index contributed by atoms with van der Waals surface area (Å²) in [4.78, 5) is 12.2. The molecular weight excluding hydrogens is 296 g/mol. The molecule has 2 N–H and O–H groups in total. The minimum absolute atomic E-state index is 0.0721. The lowest BCUT2D eigenvalue weighted by Crippen LogP contribution is -2.08.